The minimum absolute atomic E-state index is 0.135. The average molecular weight is 303 g/mol. The smallest absolute Gasteiger partial charge is 0.123 e. The summed E-state index contributed by atoms with van der Waals surface area (Å²) in [5.74, 6) is -0.257. The van der Waals surface area contributed by atoms with Crippen LogP contribution in [0.15, 0.2) is 41.8 Å². The lowest BCUT2D eigenvalue weighted by atomic mass is 10.2. The molecular weight excluding hydrogens is 289 g/mol. The fourth-order valence-electron chi connectivity index (χ4n) is 2.15. The molecule has 1 aromatic carbocycles. The lowest BCUT2D eigenvalue weighted by Crippen LogP contribution is -2.08. The van der Waals surface area contributed by atoms with Gasteiger partial charge in [-0.3, -0.25) is 0 Å². The van der Waals surface area contributed by atoms with E-state index in [1.54, 1.807) is 28.2 Å². The molecule has 0 aliphatic carbocycles. The lowest BCUT2D eigenvalue weighted by Gasteiger charge is -2.07. The Kier molecular flexibility index (Phi) is 4.08. The summed E-state index contributed by atoms with van der Waals surface area (Å²) in [7, 11) is 0. The van der Waals surface area contributed by atoms with E-state index in [0.29, 0.717) is 18.7 Å². The molecule has 4 nitrogen and oxygen atoms in total. The molecule has 0 aliphatic rings. The molecule has 0 amide bonds. The van der Waals surface area contributed by atoms with Crippen LogP contribution in [-0.2, 0) is 19.6 Å². The fourth-order valence-corrected chi connectivity index (χ4v) is 2.86. The van der Waals surface area contributed by atoms with Crippen molar-refractivity contribution in [3.63, 3.8) is 0 Å². The van der Waals surface area contributed by atoms with Crippen LogP contribution in [0.25, 0.3) is 0 Å². The third kappa shape index (κ3) is 3.17. The normalized spacial score (nSPS) is 11.0. The summed E-state index contributed by atoms with van der Waals surface area (Å²) in [6.07, 6.45) is 0.682. The Morgan fingerprint density at radius 3 is 2.67 bits per heavy atom. The van der Waals surface area contributed by atoms with E-state index < -0.39 is 0 Å². The molecule has 21 heavy (non-hydrogen) atoms. The van der Waals surface area contributed by atoms with Gasteiger partial charge < -0.3 is 5.11 Å². The quantitative estimate of drug-likeness (QED) is 0.788. The first-order chi connectivity index (χ1) is 10.3. The molecular formula is C15H14FN3OS. The van der Waals surface area contributed by atoms with Crippen LogP contribution in [0.2, 0.25) is 0 Å². The van der Waals surface area contributed by atoms with Crippen LogP contribution in [0.3, 0.4) is 0 Å². The zero-order valence-corrected chi connectivity index (χ0v) is 12.1. The molecule has 2 heterocycles. The van der Waals surface area contributed by atoms with Crippen LogP contribution in [0.4, 0.5) is 4.39 Å². The van der Waals surface area contributed by atoms with Crippen molar-refractivity contribution in [1.29, 1.82) is 0 Å². The number of halogens is 1. The number of nitrogens with zero attached hydrogens (tertiary/aromatic N) is 3. The first kappa shape index (κ1) is 13.9. The van der Waals surface area contributed by atoms with E-state index in [2.05, 4.69) is 10.3 Å². The molecule has 0 saturated heterocycles. The third-order valence-electron chi connectivity index (χ3n) is 3.24. The monoisotopic (exact) mass is 303 g/mol. The summed E-state index contributed by atoms with van der Waals surface area (Å²) in [4.78, 5) is 1.19. The molecule has 6 heteroatoms. The number of hydrogen-bond donors (Lipinski definition) is 1. The zero-order chi connectivity index (χ0) is 14.7. The number of benzene rings is 1. The summed E-state index contributed by atoms with van der Waals surface area (Å²) in [6.45, 7) is 0.373. The second-order valence-electron chi connectivity index (χ2n) is 4.68. The molecule has 108 valence electrons. The van der Waals surface area contributed by atoms with Crippen LogP contribution < -0.4 is 0 Å². The molecule has 0 spiro atoms. The van der Waals surface area contributed by atoms with Gasteiger partial charge in [0.1, 0.15) is 11.5 Å². The molecule has 1 N–H and O–H groups in total. The van der Waals surface area contributed by atoms with Crippen molar-refractivity contribution < 1.29 is 9.50 Å². The predicted octanol–water partition coefficient (Wildman–Crippen LogP) is 2.61. The van der Waals surface area contributed by atoms with Crippen LogP contribution in [-0.4, -0.2) is 20.1 Å². The molecule has 3 rings (SSSR count). The SMILES string of the molecule is OCc1nnn(Cc2ccc(F)cc2)c1Cc1cccs1. The molecule has 0 bridgehead atoms. The highest BCUT2D eigenvalue weighted by molar-refractivity contribution is 7.09. The Morgan fingerprint density at radius 2 is 2.00 bits per heavy atom. The van der Waals surface area contributed by atoms with Crippen LogP contribution in [0.1, 0.15) is 21.8 Å². The van der Waals surface area contributed by atoms with Gasteiger partial charge in [-0.2, -0.15) is 0 Å². The van der Waals surface area contributed by atoms with Gasteiger partial charge in [-0.05, 0) is 29.1 Å². The third-order valence-corrected chi connectivity index (χ3v) is 4.11. The molecule has 0 atom stereocenters. The lowest BCUT2D eigenvalue weighted by molar-refractivity contribution is 0.275. The second kappa shape index (κ2) is 6.15. The molecule has 0 aliphatic heterocycles. The van der Waals surface area contributed by atoms with Gasteiger partial charge >= 0.3 is 0 Å². The van der Waals surface area contributed by atoms with E-state index in [0.717, 1.165) is 11.3 Å². The maximum atomic E-state index is 12.9. The van der Waals surface area contributed by atoms with E-state index >= 15 is 0 Å². The van der Waals surface area contributed by atoms with E-state index in [1.165, 1.54) is 17.0 Å². The van der Waals surface area contributed by atoms with Gasteiger partial charge in [-0.25, -0.2) is 9.07 Å². The fraction of sp³-hybridized carbons (Fsp3) is 0.200. The Bertz CT molecular complexity index is 707. The molecule has 0 radical (unpaired) electrons. The van der Waals surface area contributed by atoms with E-state index in [4.69, 9.17) is 0 Å². The van der Waals surface area contributed by atoms with Crippen molar-refractivity contribution >= 4 is 11.3 Å². The number of aromatic nitrogens is 3. The number of thiophene rings is 1. The summed E-state index contributed by atoms with van der Waals surface area (Å²) in [6, 6.07) is 10.3. The largest absolute Gasteiger partial charge is 0.390 e. The van der Waals surface area contributed by atoms with Gasteiger partial charge in [0.15, 0.2) is 0 Å². The first-order valence-corrected chi connectivity index (χ1v) is 7.43. The second-order valence-corrected chi connectivity index (χ2v) is 5.71. The van der Waals surface area contributed by atoms with Gasteiger partial charge in [0, 0.05) is 11.3 Å². The summed E-state index contributed by atoms with van der Waals surface area (Å²) in [5.41, 5.74) is 2.42. The molecule has 0 fully saturated rings. The van der Waals surface area contributed by atoms with Crippen LogP contribution in [0.5, 0.6) is 0 Å². The highest BCUT2D eigenvalue weighted by atomic mass is 32.1. The Hall–Kier alpha value is -2.05. The maximum Gasteiger partial charge on any atom is 0.123 e. The Balaban J connectivity index is 1.87. The van der Waals surface area contributed by atoms with Crippen molar-refractivity contribution in [1.82, 2.24) is 15.0 Å². The zero-order valence-electron chi connectivity index (χ0n) is 11.2. The molecule has 3 aromatic rings. The maximum absolute atomic E-state index is 12.9. The van der Waals surface area contributed by atoms with Crippen molar-refractivity contribution in [2.45, 2.75) is 19.6 Å². The topological polar surface area (TPSA) is 50.9 Å². The van der Waals surface area contributed by atoms with Crippen LogP contribution in [0, 0.1) is 5.82 Å². The summed E-state index contributed by atoms with van der Waals surface area (Å²) >= 11 is 1.66. The van der Waals surface area contributed by atoms with Crippen molar-refractivity contribution in [3.05, 3.63) is 69.4 Å². The minimum atomic E-state index is -0.257. The van der Waals surface area contributed by atoms with Gasteiger partial charge in [0.25, 0.3) is 0 Å². The molecule has 0 saturated carbocycles. The molecule has 2 aromatic heterocycles. The number of rotatable bonds is 5. The highest BCUT2D eigenvalue weighted by Gasteiger charge is 2.13. The average Bonchev–Trinajstić information content (AvgIpc) is 3.13. The van der Waals surface area contributed by atoms with Gasteiger partial charge in [0.05, 0.1) is 18.8 Å². The Morgan fingerprint density at radius 1 is 1.19 bits per heavy atom. The minimum Gasteiger partial charge on any atom is -0.390 e. The van der Waals surface area contributed by atoms with Gasteiger partial charge in [-0.1, -0.05) is 23.4 Å². The van der Waals surface area contributed by atoms with Gasteiger partial charge in [-0.15, -0.1) is 16.4 Å². The van der Waals surface area contributed by atoms with Crippen molar-refractivity contribution in [2.24, 2.45) is 0 Å². The number of aliphatic hydroxyl groups is 1. The Labute approximate surface area is 125 Å². The van der Waals surface area contributed by atoms with E-state index in [9.17, 15) is 9.50 Å². The number of aliphatic hydroxyl groups excluding tert-OH is 1. The van der Waals surface area contributed by atoms with Crippen molar-refractivity contribution in [2.75, 3.05) is 0 Å². The van der Waals surface area contributed by atoms with Crippen molar-refractivity contribution in [3.8, 4) is 0 Å². The van der Waals surface area contributed by atoms with E-state index in [-0.39, 0.29) is 12.4 Å². The first-order valence-electron chi connectivity index (χ1n) is 6.55. The highest BCUT2D eigenvalue weighted by Crippen LogP contribution is 2.18. The number of hydrogen-bond acceptors (Lipinski definition) is 4. The summed E-state index contributed by atoms with van der Waals surface area (Å²) < 4.78 is 14.7. The predicted molar refractivity (Wildman–Crippen MR) is 78.6 cm³/mol. The molecule has 0 unspecified atom stereocenters. The van der Waals surface area contributed by atoms with Gasteiger partial charge in [0.2, 0.25) is 0 Å². The van der Waals surface area contributed by atoms with E-state index in [1.807, 2.05) is 17.5 Å². The van der Waals surface area contributed by atoms with Crippen LogP contribution >= 0.6 is 11.3 Å². The summed E-state index contributed by atoms with van der Waals surface area (Å²) in [5, 5.41) is 19.5. The standard InChI is InChI=1S/C15H14FN3OS/c16-12-5-3-11(4-6-12)9-19-15(14(10-20)17-18-19)8-13-2-1-7-21-13/h1-7,20H,8-10H2.